The van der Waals surface area contributed by atoms with Crippen LogP contribution in [0.4, 0.5) is 0 Å². The van der Waals surface area contributed by atoms with Crippen LogP contribution >= 0.6 is 0 Å². The van der Waals surface area contributed by atoms with Crippen LogP contribution in [0.5, 0.6) is 0 Å². The molecule has 17 heavy (non-hydrogen) atoms. The lowest BCUT2D eigenvalue weighted by Crippen LogP contribution is -2.40. The van der Waals surface area contributed by atoms with Crippen LogP contribution in [-0.2, 0) is 11.3 Å². The molecule has 0 amide bonds. The standard InChI is InChI=1S/C14H21NO2/c1-9(2)13(14(16)17)15-8-12-6-10(3)5-11(4)7-12/h5-7,9,13,15H,8H2,1-4H3,(H,16,17)/t13-/m0/s1. The van der Waals surface area contributed by atoms with Crippen molar-refractivity contribution in [2.24, 2.45) is 5.92 Å². The molecule has 0 spiro atoms. The van der Waals surface area contributed by atoms with Gasteiger partial charge in [-0.2, -0.15) is 0 Å². The Kier molecular flexibility index (Phi) is 4.70. The van der Waals surface area contributed by atoms with Gasteiger partial charge in [-0.25, -0.2) is 0 Å². The number of hydrogen-bond donors (Lipinski definition) is 2. The highest BCUT2D eigenvalue weighted by Gasteiger charge is 2.20. The molecule has 0 aliphatic heterocycles. The number of carbonyl (C=O) groups is 1. The van der Waals surface area contributed by atoms with Crippen molar-refractivity contribution in [1.29, 1.82) is 0 Å². The third-order valence-corrected chi connectivity index (χ3v) is 2.74. The van der Waals surface area contributed by atoms with Crippen LogP contribution in [0.2, 0.25) is 0 Å². The summed E-state index contributed by atoms with van der Waals surface area (Å²) in [4.78, 5) is 11.0. The Morgan fingerprint density at radius 1 is 1.24 bits per heavy atom. The van der Waals surface area contributed by atoms with E-state index in [4.69, 9.17) is 5.11 Å². The van der Waals surface area contributed by atoms with Gasteiger partial charge in [-0.1, -0.05) is 43.2 Å². The fraction of sp³-hybridized carbons (Fsp3) is 0.500. The summed E-state index contributed by atoms with van der Waals surface area (Å²) in [5.41, 5.74) is 3.55. The van der Waals surface area contributed by atoms with Gasteiger partial charge in [0.25, 0.3) is 0 Å². The maximum Gasteiger partial charge on any atom is 0.320 e. The van der Waals surface area contributed by atoms with E-state index in [0.717, 1.165) is 5.56 Å². The molecule has 0 heterocycles. The molecule has 0 radical (unpaired) electrons. The van der Waals surface area contributed by atoms with Gasteiger partial charge in [0.2, 0.25) is 0 Å². The van der Waals surface area contributed by atoms with Crippen LogP contribution in [0.15, 0.2) is 18.2 Å². The largest absolute Gasteiger partial charge is 0.480 e. The maximum atomic E-state index is 11.0. The molecule has 0 aromatic heterocycles. The van der Waals surface area contributed by atoms with Gasteiger partial charge in [0.1, 0.15) is 6.04 Å². The van der Waals surface area contributed by atoms with E-state index in [-0.39, 0.29) is 5.92 Å². The Balaban J connectivity index is 2.68. The second kappa shape index (κ2) is 5.82. The second-order valence-corrected chi connectivity index (χ2v) is 4.94. The average Bonchev–Trinajstić information content (AvgIpc) is 2.14. The summed E-state index contributed by atoms with van der Waals surface area (Å²) in [7, 11) is 0. The molecular formula is C14H21NO2. The van der Waals surface area contributed by atoms with Gasteiger partial charge in [0.15, 0.2) is 0 Å². The number of carboxylic acid groups (broad SMARTS) is 1. The topological polar surface area (TPSA) is 49.3 Å². The number of nitrogens with one attached hydrogen (secondary N) is 1. The van der Waals surface area contributed by atoms with Gasteiger partial charge in [0.05, 0.1) is 0 Å². The zero-order valence-electron chi connectivity index (χ0n) is 10.9. The summed E-state index contributed by atoms with van der Waals surface area (Å²) in [6.07, 6.45) is 0. The first kappa shape index (κ1) is 13.7. The molecule has 1 rings (SSSR count). The summed E-state index contributed by atoms with van der Waals surface area (Å²) in [6, 6.07) is 5.79. The molecule has 0 saturated heterocycles. The van der Waals surface area contributed by atoms with Crippen LogP contribution in [0.25, 0.3) is 0 Å². The van der Waals surface area contributed by atoms with Crippen molar-refractivity contribution in [2.45, 2.75) is 40.3 Å². The molecule has 3 nitrogen and oxygen atoms in total. The molecule has 1 aromatic carbocycles. The van der Waals surface area contributed by atoms with Crippen molar-refractivity contribution in [3.05, 3.63) is 34.9 Å². The number of carboxylic acids is 1. The molecule has 3 heteroatoms. The Morgan fingerprint density at radius 2 is 1.76 bits per heavy atom. The number of aryl methyl sites for hydroxylation is 2. The summed E-state index contributed by atoms with van der Waals surface area (Å²) in [5.74, 6) is -0.706. The smallest absolute Gasteiger partial charge is 0.320 e. The van der Waals surface area contributed by atoms with Crippen LogP contribution in [0.3, 0.4) is 0 Å². The van der Waals surface area contributed by atoms with E-state index in [1.807, 2.05) is 27.7 Å². The SMILES string of the molecule is Cc1cc(C)cc(CN[C@H](C(=O)O)C(C)C)c1. The first-order valence-corrected chi connectivity index (χ1v) is 5.93. The predicted octanol–water partition coefficient (Wildman–Crippen LogP) is 2.50. The van der Waals surface area contributed by atoms with E-state index in [0.29, 0.717) is 6.54 Å². The minimum Gasteiger partial charge on any atom is -0.480 e. The highest BCUT2D eigenvalue weighted by molar-refractivity contribution is 5.73. The molecule has 2 N–H and O–H groups in total. The number of aliphatic carboxylic acids is 1. The summed E-state index contributed by atoms with van der Waals surface area (Å²) < 4.78 is 0. The van der Waals surface area contributed by atoms with Crippen LogP contribution in [0, 0.1) is 19.8 Å². The number of benzene rings is 1. The maximum absolute atomic E-state index is 11.0. The lowest BCUT2D eigenvalue weighted by Gasteiger charge is -2.18. The normalized spacial score (nSPS) is 12.8. The lowest BCUT2D eigenvalue weighted by molar-refractivity contribution is -0.140. The fourth-order valence-electron chi connectivity index (χ4n) is 2.01. The van der Waals surface area contributed by atoms with Gasteiger partial charge in [-0.15, -0.1) is 0 Å². The molecule has 0 bridgehead atoms. The Bertz CT molecular complexity index is 379. The molecule has 1 atom stereocenters. The van der Waals surface area contributed by atoms with Crippen molar-refractivity contribution < 1.29 is 9.90 Å². The quantitative estimate of drug-likeness (QED) is 0.824. The zero-order chi connectivity index (χ0) is 13.0. The average molecular weight is 235 g/mol. The van der Waals surface area contributed by atoms with E-state index in [2.05, 4.69) is 23.5 Å². The second-order valence-electron chi connectivity index (χ2n) is 4.94. The minimum atomic E-state index is -0.788. The highest BCUT2D eigenvalue weighted by atomic mass is 16.4. The van der Waals surface area contributed by atoms with Crippen molar-refractivity contribution in [3.8, 4) is 0 Å². The first-order chi connectivity index (χ1) is 7.90. The van der Waals surface area contributed by atoms with Gasteiger partial charge in [-0.3, -0.25) is 4.79 Å². The van der Waals surface area contributed by atoms with Gasteiger partial charge in [0, 0.05) is 6.54 Å². The zero-order valence-corrected chi connectivity index (χ0v) is 10.9. The van der Waals surface area contributed by atoms with E-state index in [1.165, 1.54) is 11.1 Å². The van der Waals surface area contributed by atoms with Gasteiger partial charge in [-0.05, 0) is 25.3 Å². The molecule has 0 unspecified atom stereocenters. The van der Waals surface area contributed by atoms with Crippen LogP contribution in [0.1, 0.15) is 30.5 Å². The van der Waals surface area contributed by atoms with Crippen LogP contribution in [-0.4, -0.2) is 17.1 Å². The van der Waals surface area contributed by atoms with Gasteiger partial charge < -0.3 is 10.4 Å². The summed E-state index contributed by atoms with van der Waals surface area (Å²) in [6.45, 7) is 8.51. The number of rotatable bonds is 5. The molecule has 1 aromatic rings. The van der Waals surface area contributed by atoms with Crippen molar-refractivity contribution >= 4 is 5.97 Å². The molecule has 0 saturated carbocycles. The third-order valence-electron chi connectivity index (χ3n) is 2.74. The summed E-state index contributed by atoms with van der Waals surface area (Å²) in [5, 5.41) is 12.2. The minimum absolute atomic E-state index is 0.0819. The summed E-state index contributed by atoms with van der Waals surface area (Å²) >= 11 is 0. The van der Waals surface area contributed by atoms with E-state index >= 15 is 0 Å². The highest BCUT2D eigenvalue weighted by Crippen LogP contribution is 2.10. The molecule has 0 aliphatic rings. The van der Waals surface area contributed by atoms with E-state index in [9.17, 15) is 4.79 Å². The van der Waals surface area contributed by atoms with Gasteiger partial charge >= 0.3 is 5.97 Å². The van der Waals surface area contributed by atoms with E-state index < -0.39 is 12.0 Å². The van der Waals surface area contributed by atoms with Crippen molar-refractivity contribution in [3.63, 3.8) is 0 Å². The molecule has 0 fully saturated rings. The monoisotopic (exact) mass is 235 g/mol. The Hall–Kier alpha value is -1.35. The van der Waals surface area contributed by atoms with E-state index in [1.54, 1.807) is 0 Å². The first-order valence-electron chi connectivity index (χ1n) is 5.93. The Labute approximate surface area is 103 Å². The lowest BCUT2D eigenvalue weighted by atomic mass is 10.0. The Morgan fingerprint density at radius 3 is 2.18 bits per heavy atom. The predicted molar refractivity (Wildman–Crippen MR) is 69.0 cm³/mol. The number of hydrogen-bond acceptors (Lipinski definition) is 2. The van der Waals surface area contributed by atoms with Crippen molar-refractivity contribution in [1.82, 2.24) is 5.32 Å². The van der Waals surface area contributed by atoms with Crippen LogP contribution < -0.4 is 5.32 Å². The molecule has 94 valence electrons. The molecular weight excluding hydrogens is 214 g/mol. The molecule has 0 aliphatic carbocycles. The fourth-order valence-corrected chi connectivity index (χ4v) is 2.01. The van der Waals surface area contributed by atoms with Crippen molar-refractivity contribution in [2.75, 3.05) is 0 Å². The third kappa shape index (κ3) is 4.19.